The number of halogens is 2. The van der Waals surface area contributed by atoms with Gasteiger partial charge in [0, 0.05) is 32.4 Å². The van der Waals surface area contributed by atoms with Crippen molar-refractivity contribution in [3.05, 3.63) is 23.9 Å². The van der Waals surface area contributed by atoms with Crippen molar-refractivity contribution in [2.45, 2.75) is 44.2 Å². The van der Waals surface area contributed by atoms with Gasteiger partial charge in [-0.2, -0.15) is 0 Å². The van der Waals surface area contributed by atoms with E-state index >= 15 is 0 Å². The monoisotopic (exact) mass is 348 g/mol. The van der Waals surface area contributed by atoms with E-state index in [1.165, 1.54) is 6.42 Å². The number of nitrogens with zero attached hydrogens (tertiary/aromatic N) is 2. The summed E-state index contributed by atoms with van der Waals surface area (Å²) >= 11 is 0. The number of hydrogen-bond acceptors (Lipinski definition) is 4. The Balaban J connectivity index is 0.00000220. The molecule has 0 aromatic carbocycles. The van der Waals surface area contributed by atoms with Gasteiger partial charge < -0.3 is 16.0 Å². The minimum Gasteiger partial charge on any atom is -0.362 e. The van der Waals surface area contributed by atoms with E-state index in [9.17, 15) is 4.79 Å². The van der Waals surface area contributed by atoms with E-state index in [-0.39, 0.29) is 30.7 Å². The third-order valence-corrected chi connectivity index (χ3v) is 3.93. The second kappa shape index (κ2) is 9.18. The highest BCUT2D eigenvalue weighted by atomic mass is 35.5. The molecule has 0 spiro atoms. The first kappa shape index (κ1) is 21.0. The van der Waals surface area contributed by atoms with Crippen molar-refractivity contribution in [3.8, 4) is 0 Å². The van der Waals surface area contributed by atoms with Crippen molar-refractivity contribution in [2.24, 2.45) is 5.73 Å². The van der Waals surface area contributed by atoms with Crippen molar-refractivity contribution in [2.75, 3.05) is 19.0 Å². The molecule has 1 aliphatic carbocycles. The molecule has 1 fully saturated rings. The van der Waals surface area contributed by atoms with E-state index in [0.717, 1.165) is 37.1 Å². The Morgan fingerprint density at radius 2 is 1.95 bits per heavy atom. The summed E-state index contributed by atoms with van der Waals surface area (Å²) in [5.41, 5.74) is 6.55. The highest BCUT2D eigenvalue weighted by Gasteiger charge is 2.34. The maximum Gasteiger partial charge on any atom is 0.240 e. The lowest BCUT2D eigenvalue weighted by Crippen LogP contribution is -2.54. The Kier molecular flexibility index (Phi) is 8.74. The SMILES string of the molecule is CN(C)c1ncccc1CNC(=O)C1(N)CCCCC1.Cl.Cl. The van der Waals surface area contributed by atoms with Gasteiger partial charge in [0.1, 0.15) is 5.82 Å². The topological polar surface area (TPSA) is 71.2 Å². The van der Waals surface area contributed by atoms with Crippen molar-refractivity contribution >= 4 is 36.5 Å². The summed E-state index contributed by atoms with van der Waals surface area (Å²) in [5, 5.41) is 2.97. The van der Waals surface area contributed by atoms with Crippen molar-refractivity contribution in [1.29, 1.82) is 0 Å². The van der Waals surface area contributed by atoms with Gasteiger partial charge in [-0.15, -0.1) is 24.8 Å². The van der Waals surface area contributed by atoms with E-state index < -0.39 is 5.54 Å². The molecule has 2 rings (SSSR count). The van der Waals surface area contributed by atoms with Gasteiger partial charge in [0.05, 0.1) is 5.54 Å². The fourth-order valence-electron chi connectivity index (χ4n) is 2.73. The number of hydrogen-bond donors (Lipinski definition) is 2. The molecule has 7 heteroatoms. The lowest BCUT2D eigenvalue weighted by molar-refractivity contribution is -0.127. The summed E-state index contributed by atoms with van der Waals surface area (Å²) in [6, 6.07) is 3.86. The van der Waals surface area contributed by atoms with Crippen molar-refractivity contribution < 1.29 is 4.79 Å². The molecule has 1 saturated carbocycles. The second-order valence-corrected chi connectivity index (χ2v) is 5.78. The molecular weight excluding hydrogens is 323 g/mol. The second-order valence-electron chi connectivity index (χ2n) is 5.78. The molecule has 0 aliphatic heterocycles. The smallest absolute Gasteiger partial charge is 0.240 e. The Hall–Kier alpha value is -1.04. The number of nitrogens with one attached hydrogen (secondary N) is 1. The molecule has 1 aliphatic rings. The highest BCUT2D eigenvalue weighted by molar-refractivity contribution is 5.86. The van der Waals surface area contributed by atoms with Crippen LogP contribution in [0.15, 0.2) is 18.3 Å². The molecule has 22 heavy (non-hydrogen) atoms. The zero-order valence-corrected chi connectivity index (χ0v) is 14.8. The molecule has 1 aromatic heterocycles. The molecule has 3 N–H and O–H groups in total. The van der Waals surface area contributed by atoms with Crippen LogP contribution in [0.1, 0.15) is 37.7 Å². The van der Waals surface area contributed by atoms with Crippen LogP contribution in [0.25, 0.3) is 0 Å². The Morgan fingerprint density at radius 3 is 2.55 bits per heavy atom. The summed E-state index contributed by atoms with van der Waals surface area (Å²) in [5.74, 6) is 0.841. The number of nitrogens with two attached hydrogens (primary N) is 1. The molecule has 0 atom stereocenters. The van der Waals surface area contributed by atoms with Crippen LogP contribution in [0.2, 0.25) is 0 Å². The van der Waals surface area contributed by atoms with Gasteiger partial charge in [0.2, 0.25) is 5.91 Å². The van der Waals surface area contributed by atoms with Gasteiger partial charge in [-0.3, -0.25) is 4.79 Å². The van der Waals surface area contributed by atoms with Crippen molar-refractivity contribution in [3.63, 3.8) is 0 Å². The highest BCUT2D eigenvalue weighted by Crippen LogP contribution is 2.26. The summed E-state index contributed by atoms with van der Waals surface area (Å²) in [4.78, 5) is 18.6. The largest absolute Gasteiger partial charge is 0.362 e. The molecular formula is C15H26Cl2N4O. The van der Waals surface area contributed by atoms with Crippen LogP contribution in [0.5, 0.6) is 0 Å². The molecule has 0 unspecified atom stereocenters. The van der Waals surface area contributed by atoms with Crippen LogP contribution in [-0.2, 0) is 11.3 Å². The summed E-state index contributed by atoms with van der Waals surface area (Å²) in [6.45, 7) is 0.471. The van der Waals surface area contributed by atoms with Gasteiger partial charge in [-0.1, -0.05) is 25.3 Å². The van der Waals surface area contributed by atoms with Crippen molar-refractivity contribution in [1.82, 2.24) is 10.3 Å². The number of carbonyl (C=O) groups excluding carboxylic acids is 1. The number of amides is 1. The quantitative estimate of drug-likeness (QED) is 0.875. The first-order valence-electron chi connectivity index (χ1n) is 7.21. The van der Waals surface area contributed by atoms with Gasteiger partial charge in [-0.05, 0) is 18.9 Å². The molecule has 0 bridgehead atoms. The average Bonchev–Trinajstić information content (AvgIpc) is 2.45. The minimum atomic E-state index is -0.682. The standard InChI is InChI=1S/C15H24N4O.2ClH/c1-19(2)13-12(7-6-10-17-13)11-18-14(20)15(16)8-4-3-5-9-15;;/h6-7,10H,3-5,8-9,11,16H2,1-2H3,(H,18,20);2*1H. The van der Waals surface area contributed by atoms with Crippen LogP contribution in [0.3, 0.4) is 0 Å². The Morgan fingerprint density at radius 1 is 1.32 bits per heavy atom. The Bertz CT molecular complexity index is 476. The third kappa shape index (κ3) is 5.00. The summed E-state index contributed by atoms with van der Waals surface area (Å²) in [6.07, 6.45) is 6.59. The van der Waals surface area contributed by atoms with Crippen LogP contribution < -0.4 is 16.0 Å². The fraction of sp³-hybridized carbons (Fsp3) is 0.600. The molecule has 5 nitrogen and oxygen atoms in total. The van der Waals surface area contributed by atoms with Gasteiger partial charge in [0.25, 0.3) is 0 Å². The first-order valence-corrected chi connectivity index (χ1v) is 7.21. The molecule has 126 valence electrons. The number of carbonyl (C=O) groups is 1. The molecule has 0 radical (unpaired) electrons. The van der Waals surface area contributed by atoms with Gasteiger partial charge in [0.15, 0.2) is 0 Å². The van der Waals surface area contributed by atoms with Crippen LogP contribution in [0, 0.1) is 0 Å². The molecule has 0 saturated heterocycles. The van der Waals surface area contributed by atoms with E-state index in [1.807, 2.05) is 31.1 Å². The predicted octanol–water partition coefficient (Wildman–Crippen LogP) is 2.27. The van der Waals surface area contributed by atoms with E-state index in [0.29, 0.717) is 6.54 Å². The first-order chi connectivity index (χ1) is 9.53. The van der Waals surface area contributed by atoms with Gasteiger partial charge in [-0.25, -0.2) is 4.98 Å². The average molecular weight is 349 g/mol. The number of rotatable bonds is 4. The van der Waals surface area contributed by atoms with E-state index in [4.69, 9.17) is 5.73 Å². The number of aromatic nitrogens is 1. The zero-order valence-electron chi connectivity index (χ0n) is 13.2. The zero-order chi connectivity index (χ0) is 14.6. The number of anilines is 1. The summed E-state index contributed by atoms with van der Waals surface area (Å²) < 4.78 is 0. The Labute approximate surface area is 144 Å². The lowest BCUT2D eigenvalue weighted by atomic mass is 9.82. The minimum absolute atomic E-state index is 0. The molecule has 1 aromatic rings. The molecule has 1 heterocycles. The lowest BCUT2D eigenvalue weighted by Gasteiger charge is -2.32. The molecule has 1 amide bonds. The maximum atomic E-state index is 12.3. The van der Waals surface area contributed by atoms with E-state index in [1.54, 1.807) is 6.20 Å². The van der Waals surface area contributed by atoms with Crippen LogP contribution in [0.4, 0.5) is 5.82 Å². The predicted molar refractivity (Wildman–Crippen MR) is 94.9 cm³/mol. The number of pyridine rings is 1. The fourth-order valence-corrected chi connectivity index (χ4v) is 2.73. The van der Waals surface area contributed by atoms with Crippen LogP contribution in [-0.4, -0.2) is 30.5 Å². The summed E-state index contributed by atoms with van der Waals surface area (Å²) in [7, 11) is 3.89. The normalized spacial score (nSPS) is 16.0. The van der Waals surface area contributed by atoms with Gasteiger partial charge >= 0.3 is 0 Å². The third-order valence-electron chi connectivity index (χ3n) is 3.93. The van der Waals surface area contributed by atoms with E-state index in [2.05, 4.69) is 10.3 Å². The maximum absolute atomic E-state index is 12.3. The van der Waals surface area contributed by atoms with Crippen LogP contribution >= 0.6 is 24.8 Å².